The predicted molar refractivity (Wildman–Crippen MR) is 70.0 cm³/mol. The second-order valence-corrected chi connectivity index (χ2v) is 5.65. The van der Waals surface area contributed by atoms with E-state index in [2.05, 4.69) is 13.8 Å². The van der Waals surface area contributed by atoms with E-state index >= 15 is 0 Å². The zero-order chi connectivity index (χ0) is 13.3. The van der Waals surface area contributed by atoms with E-state index in [0.717, 1.165) is 24.0 Å². The van der Waals surface area contributed by atoms with Crippen molar-refractivity contribution >= 4 is 5.57 Å². The van der Waals surface area contributed by atoms with Gasteiger partial charge in [0.1, 0.15) is 0 Å². The first kappa shape index (κ1) is 13.1. The molecule has 1 aliphatic rings. The molecule has 98 valence electrons. The van der Waals surface area contributed by atoms with E-state index in [0.29, 0.717) is 0 Å². The van der Waals surface area contributed by atoms with E-state index in [4.69, 9.17) is 4.74 Å². The Morgan fingerprint density at radius 3 is 2.67 bits per heavy atom. The lowest BCUT2D eigenvalue weighted by Crippen LogP contribution is -2.24. The Balaban J connectivity index is 2.34. The average molecular weight is 250 g/mol. The van der Waals surface area contributed by atoms with Crippen LogP contribution in [-0.4, -0.2) is 18.3 Å². The Labute approximate surface area is 107 Å². The van der Waals surface area contributed by atoms with Gasteiger partial charge in [0.25, 0.3) is 0 Å². The molecule has 1 aromatic carbocycles. The Morgan fingerprint density at radius 2 is 2.11 bits per heavy atom. The summed E-state index contributed by atoms with van der Waals surface area (Å²) < 4.78 is 18.6. The molecule has 1 aromatic rings. The summed E-state index contributed by atoms with van der Waals surface area (Å²) in [6.07, 6.45) is 2.96. The average Bonchev–Trinajstić information content (AvgIpc) is 2.26. The number of allylic oxidation sites excluding steroid dienone is 1. The summed E-state index contributed by atoms with van der Waals surface area (Å²) in [4.78, 5) is 0. The molecule has 0 aromatic heterocycles. The van der Waals surface area contributed by atoms with Gasteiger partial charge in [-0.25, -0.2) is 4.39 Å². The number of halogens is 1. The van der Waals surface area contributed by atoms with Crippen LogP contribution < -0.4 is 4.74 Å². The van der Waals surface area contributed by atoms with Crippen LogP contribution in [0.5, 0.6) is 5.75 Å². The van der Waals surface area contributed by atoms with Crippen molar-refractivity contribution in [1.29, 1.82) is 0 Å². The van der Waals surface area contributed by atoms with Crippen LogP contribution in [0, 0.1) is 11.2 Å². The molecule has 0 bridgehead atoms. The van der Waals surface area contributed by atoms with Crippen LogP contribution >= 0.6 is 0 Å². The van der Waals surface area contributed by atoms with Gasteiger partial charge in [0, 0.05) is 0 Å². The third-order valence-corrected chi connectivity index (χ3v) is 3.35. The predicted octanol–water partition coefficient (Wildman–Crippen LogP) is 3.40. The fraction of sp³-hybridized carbons (Fsp3) is 0.467. The summed E-state index contributed by atoms with van der Waals surface area (Å²) in [6, 6.07) is 4.93. The number of hydrogen-bond donors (Lipinski definition) is 1. The molecule has 18 heavy (non-hydrogen) atoms. The largest absolute Gasteiger partial charge is 0.494 e. The lowest BCUT2D eigenvalue weighted by molar-refractivity contribution is 0.146. The summed E-state index contributed by atoms with van der Waals surface area (Å²) in [6.45, 7) is 4.23. The SMILES string of the molecule is COc1ccc(C2=CC(O)CC(C)(C)C2)cc1F. The smallest absolute Gasteiger partial charge is 0.165 e. The van der Waals surface area contributed by atoms with Crippen LogP contribution in [0.1, 0.15) is 32.3 Å². The molecular formula is C15H19FO2. The molecule has 1 atom stereocenters. The summed E-state index contributed by atoms with van der Waals surface area (Å²) in [5.41, 5.74) is 1.86. The molecule has 0 amide bonds. The van der Waals surface area contributed by atoms with Gasteiger partial charge in [-0.3, -0.25) is 0 Å². The maximum atomic E-state index is 13.7. The van der Waals surface area contributed by atoms with Gasteiger partial charge < -0.3 is 9.84 Å². The molecule has 0 fully saturated rings. The maximum absolute atomic E-state index is 13.7. The Bertz CT molecular complexity index is 477. The van der Waals surface area contributed by atoms with E-state index in [1.807, 2.05) is 12.1 Å². The number of aliphatic hydroxyl groups is 1. The number of aliphatic hydroxyl groups excluding tert-OH is 1. The molecule has 3 heteroatoms. The second-order valence-electron chi connectivity index (χ2n) is 5.65. The van der Waals surface area contributed by atoms with E-state index < -0.39 is 6.10 Å². The van der Waals surface area contributed by atoms with Crippen molar-refractivity contribution < 1.29 is 14.2 Å². The van der Waals surface area contributed by atoms with Gasteiger partial charge in [0.2, 0.25) is 0 Å². The van der Waals surface area contributed by atoms with Crippen LogP contribution in [-0.2, 0) is 0 Å². The van der Waals surface area contributed by atoms with Crippen molar-refractivity contribution in [2.24, 2.45) is 5.41 Å². The lowest BCUT2D eigenvalue weighted by Gasteiger charge is -2.32. The quantitative estimate of drug-likeness (QED) is 0.871. The molecule has 0 heterocycles. The highest BCUT2D eigenvalue weighted by molar-refractivity contribution is 5.68. The van der Waals surface area contributed by atoms with Crippen LogP contribution in [0.15, 0.2) is 24.3 Å². The van der Waals surface area contributed by atoms with E-state index in [1.165, 1.54) is 13.2 Å². The first-order valence-corrected chi connectivity index (χ1v) is 6.14. The Morgan fingerprint density at radius 1 is 1.39 bits per heavy atom. The highest BCUT2D eigenvalue weighted by Gasteiger charge is 2.28. The molecule has 0 spiro atoms. The molecule has 1 unspecified atom stereocenters. The van der Waals surface area contributed by atoms with Crippen molar-refractivity contribution in [3.8, 4) is 5.75 Å². The first-order valence-electron chi connectivity index (χ1n) is 6.14. The van der Waals surface area contributed by atoms with Crippen molar-refractivity contribution in [3.05, 3.63) is 35.7 Å². The highest BCUT2D eigenvalue weighted by atomic mass is 19.1. The first-order chi connectivity index (χ1) is 8.41. The van der Waals surface area contributed by atoms with Crippen LogP contribution in [0.4, 0.5) is 4.39 Å². The standard InChI is InChI=1S/C15H19FO2/c1-15(2)8-11(6-12(17)9-15)10-4-5-14(18-3)13(16)7-10/h4-7,12,17H,8-9H2,1-3H3. The molecule has 0 saturated carbocycles. The van der Waals surface area contributed by atoms with E-state index in [-0.39, 0.29) is 17.0 Å². The minimum absolute atomic E-state index is 0.0416. The van der Waals surface area contributed by atoms with Crippen LogP contribution in [0.3, 0.4) is 0 Å². The van der Waals surface area contributed by atoms with Crippen LogP contribution in [0.2, 0.25) is 0 Å². The minimum Gasteiger partial charge on any atom is -0.494 e. The van der Waals surface area contributed by atoms with Crippen molar-refractivity contribution in [2.75, 3.05) is 7.11 Å². The summed E-state index contributed by atoms with van der Waals surface area (Å²) in [7, 11) is 1.45. The number of hydrogen-bond acceptors (Lipinski definition) is 2. The number of rotatable bonds is 2. The summed E-state index contributed by atoms with van der Waals surface area (Å²) in [5, 5.41) is 9.85. The lowest BCUT2D eigenvalue weighted by atomic mass is 9.74. The van der Waals surface area contributed by atoms with Crippen molar-refractivity contribution in [1.82, 2.24) is 0 Å². The molecular weight excluding hydrogens is 231 g/mol. The molecule has 0 saturated heterocycles. The van der Waals surface area contributed by atoms with Gasteiger partial charge in [-0.2, -0.15) is 0 Å². The zero-order valence-electron chi connectivity index (χ0n) is 11.0. The number of methoxy groups -OCH3 is 1. The van der Waals surface area contributed by atoms with Gasteiger partial charge in [0.05, 0.1) is 13.2 Å². The Hall–Kier alpha value is -1.35. The molecule has 0 aliphatic heterocycles. The second kappa shape index (κ2) is 4.73. The van der Waals surface area contributed by atoms with Crippen LogP contribution in [0.25, 0.3) is 5.57 Å². The fourth-order valence-corrected chi connectivity index (χ4v) is 2.57. The summed E-state index contributed by atoms with van der Waals surface area (Å²) >= 11 is 0. The maximum Gasteiger partial charge on any atom is 0.165 e. The van der Waals surface area contributed by atoms with Crippen molar-refractivity contribution in [3.63, 3.8) is 0 Å². The topological polar surface area (TPSA) is 29.5 Å². The molecule has 0 radical (unpaired) electrons. The molecule has 1 N–H and O–H groups in total. The molecule has 1 aliphatic carbocycles. The van der Waals surface area contributed by atoms with Gasteiger partial charge in [-0.1, -0.05) is 26.0 Å². The van der Waals surface area contributed by atoms with Crippen molar-refractivity contribution in [2.45, 2.75) is 32.8 Å². The normalized spacial score (nSPS) is 22.5. The third kappa shape index (κ3) is 2.72. The van der Waals surface area contributed by atoms with Gasteiger partial charge in [-0.05, 0) is 41.5 Å². The van der Waals surface area contributed by atoms with E-state index in [1.54, 1.807) is 6.07 Å². The fourth-order valence-electron chi connectivity index (χ4n) is 2.57. The molecule has 2 nitrogen and oxygen atoms in total. The van der Waals surface area contributed by atoms with E-state index in [9.17, 15) is 9.50 Å². The molecule has 2 rings (SSSR count). The monoisotopic (exact) mass is 250 g/mol. The number of benzene rings is 1. The summed E-state index contributed by atoms with van der Waals surface area (Å²) in [5.74, 6) is -0.122. The van der Waals surface area contributed by atoms with Gasteiger partial charge >= 0.3 is 0 Å². The zero-order valence-corrected chi connectivity index (χ0v) is 11.0. The Kier molecular flexibility index (Phi) is 3.44. The third-order valence-electron chi connectivity index (χ3n) is 3.35. The highest BCUT2D eigenvalue weighted by Crippen LogP contribution is 2.40. The van der Waals surface area contributed by atoms with Gasteiger partial charge in [-0.15, -0.1) is 0 Å². The minimum atomic E-state index is -0.450. The number of ether oxygens (including phenoxy) is 1. The van der Waals surface area contributed by atoms with Gasteiger partial charge in [0.15, 0.2) is 11.6 Å².